The molecule has 0 atom stereocenters. The molecule has 0 aromatic heterocycles. The molecule has 0 radical (unpaired) electrons. The van der Waals surface area contributed by atoms with E-state index in [-0.39, 0.29) is 5.97 Å². The first-order chi connectivity index (χ1) is 8.24. The third kappa shape index (κ3) is 9.36. The summed E-state index contributed by atoms with van der Waals surface area (Å²) in [4.78, 5) is 10.9. The van der Waals surface area contributed by atoms with Gasteiger partial charge in [-0.3, -0.25) is 4.79 Å². The van der Waals surface area contributed by atoms with Crippen molar-refractivity contribution < 1.29 is 9.53 Å². The normalized spacial score (nSPS) is 11.5. The van der Waals surface area contributed by atoms with Crippen molar-refractivity contribution in [3.63, 3.8) is 0 Å². The van der Waals surface area contributed by atoms with Crippen LogP contribution in [0, 0.1) is 0 Å². The van der Waals surface area contributed by atoms with Crippen LogP contribution in [0.15, 0.2) is 49.1 Å². The monoisotopic (exact) mass is 234 g/mol. The number of carbonyl (C=O) groups is 1. The van der Waals surface area contributed by atoms with Crippen LogP contribution in [0.4, 0.5) is 0 Å². The quantitative estimate of drug-likeness (QED) is 0.343. The van der Waals surface area contributed by atoms with Crippen LogP contribution in [0.5, 0.6) is 0 Å². The summed E-state index contributed by atoms with van der Waals surface area (Å²) in [7, 11) is 1.42. The summed E-state index contributed by atoms with van der Waals surface area (Å²) in [6, 6.07) is 0. The fourth-order valence-electron chi connectivity index (χ4n) is 1.46. The highest BCUT2D eigenvalue weighted by Crippen LogP contribution is 2.14. The van der Waals surface area contributed by atoms with Gasteiger partial charge in [0.15, 0.2) is 0 Å². The molecule has 0 rings (SSSR count). The molecule has 0 spiro atoms. The minimum Gasteiger partial charge on any atom is -0.469 e. The second-order valence-corrected chi connectivity index (χ2v) is 3.71. The van der Waals surface area contributed by atoms with Crippen molar-refractivity contribution in [2.24, 2.45) is 0 Å². The molecular weight excluding hydrogens is 212 g/mol. The van der Waals surface area contributed by atoms with Gasteiger partial charge < -0.3 is 4.74 Å². The van der Waals surface area contributed by atoms with Crippen LogP contribution in [-0.2, 0) is 9.53 Å². The van der Waals surface area contributed by atoms with E-state index in [0.717, 1.165) is 25.7 Å². The smallest absolute Gasteiger partial charge is 0.305 e. The van der Waals surface area contributed by atoms with Gasteiger partial charge >= 0.3 is 5.97 Å². The Bertz CT molecular complexity index is 298. The predicted molar refractivity (Wildman–Crippen MR) is 72.7 cm³/mol. The number of methoxy groups -OCH3 is 1. The second-order valence-electron chi connectivity index (χ2n) is 3.71. The first kappa shape index (κ1) is 15.4. The summed E-state index contributed by atoms with van der Waals surface area (Å²) in [5, 5.41) is 0. The summed E-state index contributed by atoms with van der Waals surface area (Å²) in [6.45, 7) is 7.33. The third-order valence-electron chi connectivity index (χ3n) is 2.36. The fraction of sp³-hybridized carbons (Fsp3) is 0.400. The molecule has 0 aromatic carbocycles. The zero-order valence-electron chi connectivity index (χ0n) is 10.7. The number of allylic oxidation sites excluding steroid dienone is 6. The van der Waals surface area contributed by atoms with Crippen LogP contribution in [0.25, 0.3) is 0 Å². The maximum atomic E-state index is 10.9. The first-order valence-electron chi connectivity index (χ1n) is 5.89. The van der Waals surface area contributed by atoms with E-state index in [9.17, 15) is 4.79 Å². The molecule has 2 heteroatoms. The zero-order valence-corrected chi connectivity index (χ0v) is 10.7. The number of esters is 1. The van der Waals surface area contributed by atoms with Gasteiger partial charge in [-0.15, -0.1) is 0 Å². The Morgan fingerprint density at radius 1 is 1.18 bits per heavy atom. The van der Waals surface area contributed by atoms with Crippen LogP contribution >= 0.6 is 0 Å². The highest BCUT2D eigenvalue weighted by molar-refractivity contribution is 5.68. The summed E-state index contributed by atoms with van der Waals surface area (Å²) in [6.07, 6.45) is 13.9. The topological polar surface area (TPSA) is 26.3 Å². The molecule has 0 aliphatic heterocycles. The lowest BCUT2D eigenvalue weighted by Crippen LogP contribution is -1.99. The molecule has 0 saturated carbocycles. The van der Waals surface area contributed by atoms with Crippen LogP contribution in [-0.4, -0.2) is 13.1 Å². The Hall–Kier alpha value is -1.57. The Kier molecular flexibility index (Phi) is 9.92. The number of hydrogen-bond donors (Lipinski definition) is 0. The van der Waals surface area contributed by atoms with E-state index in [1.165, 1.54) is 12.7 Å². The highest BCUT2D eigenvalue weighted by Gasteiger charge is 2.00. The number of rotatable bonds is 9. The third-order valence-corrected chi connectivity index (χ3v) is 2.36. The maximum Gasteiger partial charge on any atom is 0.305 e. The molecule has 0 fully saturated rings. The van der Waals surface area contributed by atoms with E-state index in [1.807, 2.05) is 12.2 Å². The molecule has 0 aromatic rings. The van der Waals surface area contributed by atoms with Crippen LogP contribution in [0.2, 0.25) is 0 Å². The zero-order chi connectivity index (χ0) is 12.9. The minimum absolute atomic E-state index is 0.134. The van der Waals surface area contributed by atoms with E-state index in [0.29, 0.717) is 6.42 Å². The molecule has 0 bridgehead atoms. The number of hydrogen-bond acceptors (Lipinski definition) is 2. The summed E-state index contributed by atoms with van der Waals surface area (Å²) in [5.41, 5.74) is 1.32. The van der Waals surface area contributed by atoms with Gasteiger partial charge in [0.2, 0.25) is 0 Å². The molecule has 2 nitrogen and oxygen atoms in total. The number of carbonyl (C=O) groups excluding carboxylic acids is 1. The van der Waals surface area contributed by atoms with Crippen molar-refractivity contribution in [3.8, 4) is 0 Å². The van der Waals surface area contributed by atoms with Crippen LogP contribution in [0.1, 0.15) is 32.1 Å². The van der Waals surface area contributed by atoms with Crippen molar-refractivity contribution in [1.29, 1.82) is 0 Å². The molecule has 0 aliphatic rings. The van der Waals surface area contributed by atoms with Gasteiger partial charge in [0, 0.05) is 6.42 Å². The second kappa shape index (κ2) is 10.9. The SMILES string of the molecule is C=CC=C(C/C=C/C=C)CCCCC(=O)OC. The van der Waals surface area contributed by atoms with Crippen molar-refractivity contribution in [1.82, 2.24) is 0 Å². The van der Waals surface area contributed by atoms with Crippen molar-refractivity contribution in [2.75, 3.05) is 7.11 Å². The Labute approximate surface area is 104 Å². The minimum atomic E-state index is -0.134. The number of unbranched alkanes of at least 4 members (excludes halogenated alkanes) is 1. The molecule has 0 saturated heterocycles. The standard InChI is InChI=1S/C15H22O2/c1-4-6-7-11-14(10-5-2)12-8-9-13-15(16)17-3/h4-7,10H,1-2,8-9,11-13H2,3H3/b7-6+,14-10?. The van der Waals surface area contributed by atoms with E-state index in [1.54, 1.807) is 12.2 Å². The van der Waals surface area contributed by atoms with E-state index in [2.05, 4.69) is 24.0 Å². The Morgan fingerprint density at radius 2 is 1.88 bits per heavy atom. The molecular formula is C15H22O2. The molecule has 0 heterocycles. The predicted octanol–water partition coefficient (Wildman–Crippen LogP) is 3.96. The average molecular weight is 234 g/mol. The average Bonchev–Trinajstić information content (AvgIpc) is 2.34. The summed E-state index contributed by atoms with van der Waals surface area (Å²) in [5.74, 6) is -0.134. The van der Waals surface area contributed by atoms with Crippen LogP contribution in [0.3, 0.4) is 0 Å². The lowest BCUT2D eigenvalue weighted by atomic mass is 10.0. The molecule has 94 valence electrons. The van der Waals surface area contributed by atoms with Crippen molar-refractivity contribution in [2.45, 2.75) is 32.1 Å². The first-order valence-corrected chi connectivity index (χ1v) is 5.89. The Balaban J connectivity index is 3.89. The van der Waals surface area contributed by atoms with Crippen molar-refractivity contribution >= 4 is 5.97 Å². The molecule has 0 aliphatic carbocycles. The summed E-state index contributed by atoms with van der Waals surface area (Å²) >= 11 is 0. The van der Waals surface area contributed by atoms with Gasteiger partial charge in [0.25, 0.3) is 0 Å². The molecule has 0 unspecified atom stereocenters. The number of ether oxygens (including phenoxy) is 1. The van der Waals surface area contributed by atoms with E-state index in [4.69, 9.17) is 0 Å². The van der Waals surface area contributed by atoms with E-state index >= 15 is 0 Å². The molecule has 0 amide bonds. The van der Waals surface area contributed by atoms with Crippen LogP contribution < -0.4 is 0 Å². The lowest BCUT2D eigenvalue weighted by Gasteiger charge is -2.04. The van der Waals surface area contributed by atoms with Gasteiger partial charge in [-0.25, -0.2) is 0 Å². The van der Waals surface area contributed by atoms with Gasteiger partial charge in [-0.1, -0.05) is 49.1 Å². The largest absolute Gasteiger partial charge is 0.469 e. The van der Waals surface area contributed by atoms with Crippen molar-refractivity contribution in [3.05, 3.63) is 49.1 Å². The van der Waals surface area contributed by atoms with Gasteiger partial charge in [0.05, 0.1) is 7.11 Å². The fourth-order valence-corrected chi connectivity index (χ4v) is 1.46. The van der Waals surface area contributed by atoms with Gasteiger partial charge in [-0.2, -0.15) is 0 Å². The summed E-state index contributed by atoms with van der Waals surface area (Å²) < 4.78 is 4.59. The van der Waals surface area contributed by atoms with E-state index < -0.39 is 0 Å². The van der Waals surface area contributed by atoms with Gasteiger partial charge in [-0.05, 0) is 25.7 Å². The van der Waals surface area contributed by atoms with Gasteiger partial charge in [0.1, 0.15) is 0 Å². The Morgan fingerprint density at radius 3 is 2.47 bits per heavy atom. The molecule has 17 heavy (non-hydrogen) atoms. The maximum absolute atomic E-state index is 10.9. The lowest BCUT2D eigenvalue weighted by molar-refractivity contribution is -0.140. The molecule has 0 N–H and O–H groups in total. The highest BCUT2D eigenvalue weighted by atomic mass is 16.5.